The fourth-order valence-electron chi connectivity index (χ4n) is 2.49. The summed E-state index contributed by atoms with van der Waals surface area (Å²) in [4.78, 5) is 11.9. The number of ether oxygens (including phenoxy) is 1. The van der Waals surface area contributed by atoms with Crippen LogP contribution in [-0.2, 0) is 17.8 Å². The van der Waals surface area contributed by atoms with Crippen molar-refractivity contribution in [2.45, 2.75) is 44.6 Å². The average molecular weight is 333 g/mol. The molecule has 0 aliphatic carbocycles. The Morgan fingerprint density at radius 1 is 1.39 bits per heavy atom. The molecule has 1 aromatic carbocycles. The Morgan fingerprint density at radius 3 is 2.96 bits per heavy atom. The summed E-state index contributed by atoms with van der Waals surface area (Å²) in [7, 11) is 0. The fourth-order valence-corrected chi connectivity index (χ4v) is 3.12. The Labute approximate surface area is 139 Å². The molecule has 7 heteroatoms. The summed E-state index contributed by atoms with van der Waals surface area (Å²) in [5.74, 6) is 1.62. The molecule has 122 valence electrons. The van der Waals surface area contributed by atoms with Crippen molar-refractivity contribution in [2.24, 2.45) is 0 Å². The van der Waals surface area contributed by atoms with Crippen LogP contribution >= 0.6 is 11.8 Å². The highest BCUT2D eigenvalue weighted by Gasteiger charge is 2.29. The third kappa shape index (κ3) is 4.04. The summed E-state index contributed by atoms with van der Waals surface area (Å²) in [6.07, 6.45) is 0.885. The maximum atomic E-state index is 11.9. The van der Waals surface area contributed by atoms with Gasteiger partial charge in [-0.05, 0) is 31.0 Å². The highest BCUT2D eigenvalue weighted by atomic mass is 32.2. The fraction of sp³-hybridized carbons (Fsp3) is 0.438. The maximum Gasteiger partial charge on any atom is 0.277 e. The highest BCUT2D eigenvalue weighted by Crippen LogP contribution is 2.35. The molecule has 2 aromatic rings. The molecule has 0 atom stereocenters. The SMILES string of the molecule is Cc1nnc(SCC(=O)NCc2ccc3c(c2)CC(C)(C)O3)o1. The van der Waals surface area contributed by atoms with Crippen LogP contribution in [0.4, 0.5) is 0 Å². The number of thioether (sulfide) groups is 1. The van der Waals surface area contributed by atoms with Gasteiger partial charge < -0.3 is 14.5 Å². The molecule has 0 spiro atoms. The number of fused-ring (bicyclic) bond motifs is 1. The summed E-state index contributed by atoms with van der Waals surface area (Å²) in [5.41, 5.74) is 2.11. The van der Waals surface area contributed by atoms with Gasteiger partial charge in [0.2, 0.25) is 11.8 Å². The van der Waals surface area contributed by atoms with E-state index in [2.05, 4.69) is 35.4 Å². The Kier molecular flexibility index (Phi) is 4.30. The lowest BCUT2D eigenvalue weighted by Crippen LogP contribution is -2.25. The number of carbonyl (C=O) groups is 1. The van der Waals surface area contributed by atoms with E-state index in [-0.39, 0.29) is 17.3 Å². The number of benzene rings is 1. The zero-order chi connectivity index (χ0) is 16.4. The van der Waals surface area contributed by atoms with Crippen molar-refractivity contribution in [3.63, 3.8) is 0 Å². The van der Waals surface area contributed by atoms with E-state index in [0.29, 0.717) is 17.7 Å². The lowest BCUT2D eigenvalue weighted by atomic mass is 10.0. The van der Waals surface area contributed by atoms with Crippen molar-refractivity contribution in [3.05, 3.63) is 35.2 Å². The number of aromatic nitrogens is 2. The molecule has 2 heterocycles. The molecule has 6 nitrogen and oxygen atoms in total. The number of aryl methyl sites for hydroxylation is 1. The molecule has 1 aliphatic rings. The van der Waals surface area contributed by atoms with E-state index in [1.54, 1.807) is 6.92 Å². The van der Waals surface area contributed by atoms with Gasteiger partial charge in [-0.3, -0.25) is 4.79 Å². The molecule has 3 rings (SSSR count). The molecule has 23 heavy (non-hydrogen) atoms. The summed E-state index contributed by atoms with van der Waals surface area (Å²) < 4.78 is 11.1. The number of amides is 1. The van der Waals surface area contributed by atoms with Gasteiger partial charge in [0.1, 0.15) is 11.4 Å². The minimum Gasteiger partial charge on any atom is -0.487 e. The van der Waals surface area contributed by atoms with Crippen LogP contribution in [0.5, 0.6) is 5.75 Å². The van der Waals surface area contributed by atoms with E-state index in [0.717, 1.165) is 17.7 Å². The second-order valence-electron chi connectivity index (χ2n) is 6.13. The van der Waals surface area contributed by atoms with Crippen LogP contribution in [0.2, 0.25) is 0 Å². The summed E-state index contributed by atoms with van der Waals surface area (Å²) in [6.45, 7) is 6.36. The van der Waals surface area contributed by atoms with E-state index in [1.165, 1.54) is 17.3 Å². The van der Waals surface area contributed by atoms with Crippen molar-refractivity contribution in [3.8, 4) is 5.75 Å². The molecule has 0 bridgehead atoms. The summed E-state index contributed by atoms with van der Waals surface area (Å²) in [5, 5.41) is 10.9. The van der Waals surface area contributed by atoms with Crippen molar-refractivity contribution in [2.75, 3.05) is 5.75 Å². The Bertz CT molecular complexity index is 727. The quantitative estimate of drug-likeness (QED) is 0.847. The monoisotopic (exact) mass is 333 g/mol. The molecule has 0 fully saturated rings. The van der Waals surface area contributed by atoms with Crippen LogP contribution in [0.15, 0.2) is 27.8 Å². The van der Waals surface area contributed by atoms with Gasteiger partial charge in [0.25, 0.3) is 5.22 Å². The molecule has 0 saturated carbocycles. The standard InChI is InChI=1S/C16H19N3O3S/c1-10-18-19-15(21-10)23-9-14(20)17-8-11-4-5-13-12(6-11)7-16(2,3)22-13/h4-6H,7-9H2,1-3H3,(H,17,20). The van der Waals surface area contributed by atoms with Gasteiger partial charge in [-0.1, -0.05) is 23.9 Å². The number of carbonyl (C=O) groups excluding carboxylic acids is 1. The summed E-state index contributed by atoms with van der Waals surface area (Å²) >= 11 is 1.23. The number of nitrogens with zero attached hydrogens (tertiary/aromatic N) is 2. The molecule has 1 aromatic heterocycles. The molecule has 1 amide bonds. The van der Waals surface area contributed by atoms with Crippen molar-refractivity contribution in [1.82, 2.24) is 15.5 Å². The van der Waals surface area contributed by atoms with Crippen LogP contribution in [0.1, 0.15) is 30.9 Å². The minimum atomic E-state index is -0.150. The van der Waals surface area contributed by atoms with E-state index < -0.39 is 0 Å². The molecule has 1 N–H and O–H groups in total. The Morgan fingerprint density at radius 2 is 2.22 bits per heavy atom. The maximum absolute atomic E-state index is 11.9. The van der Waals surface area contributed by atoms with Crippen LogP contribution in [0.25, 0.3) is 0 Å². The smallest absolute Gasteiger partial charge is 0.277 e. The van der Waals surface area contributed by atoms with E-state index in [1.807, 2.05) is 12.1 Å². The average Bonchev–Trinajstić information content (AvgIpc) is 3.03. The highest BCUT2D eigenvalue weighted by molar-refractivity contribution is 7.99. The predicted octanol–water partition coefficient (Wildman–Crippen LogP) is 2.50. The number of nitrogens with one attached hydrogen (secondary N) is 1. The Balaban J connectivity index is 1.50. The lowest BCUT2D eigenvalue weighted by Gasteiger charge is -2.16. The van der Waals surface area contributed by atoms with Crippen LogP contribution in [0, 0.1) is 6.92 Å². The van der Waals surface area contributed by atoms with E-state index >= 15 is 0 Å². The molecule has 1 aliphatic heterocycles. The van der Waals surface area contributed by atoms with Crippen molar-refractivity contribution >= 4 is 17.7 Å². The van der Waals surface area contributed by atoms with Gasteiger partial charge >= 0.3 is 0 Å². The van der Waals surface area contributed by atoms with Crippen LogP contribution in [-0.4, -0.2) is 27.5 Å². The zero-order valence-electron chi connectivity index (χ0n) is 13.4. The summed E-state index contributed by atoms with van der Waals surface area (Å²) in [6, 6.07) is 6.05. The van der Waals surface area contributed by atoms with E-state index in [9.17, 15) is 4.79 Å². The molecule has 0 radical (unpaired) electrons. The molecule has 0 saturated heterocycles. The normalized spacial score (nSPS) is 15.1. The second kappa shape index (κ2) is 6.23. The number of rotatable bonds is 5. The van der Waals surface area contributed by atoms with Crippen LogP contribution in [0.3, 0.4) is 0 Å². The first-order valence-electron chi connectivity index (χ1n) is 7.42. The molecule has 0 unspecified atom stereocenters. The number of hydrogen-bond donors (Lipinski definition) is 1. The van der Waals surface area contributed by atoms with Gasteiger partial charge in [-0.15, -0.1) is 10.2 Å². The van der Waals surface area contributed by atoms with Crippen molar-refractivity contribution in [1.29, 1.82) is 0 Å². The zero-order valence-corrected chi connectivity index (χ0v) is 14.2. The van der Waals surface area contributed by atoms with Gasteiger partial charge in [0.15, 0.2) is 0 Å². The van der Waals surface area contributed by atoms with Gasteiger partial charge in [-0.25, -0.2) is 0 Å². The van der Waals surface area contributed by atoms with Gasteiger partial charge in [0.05, 0.1) is 5.75 Å². The third-order valence-corrected chi connectivity index (χ3v) is 4.27. The third-order valence-electron chi connectivity index (χ3n) is 3.45. The van der Waals surface area contributed by atoms with Crippen molar-refractivity contribution < 1.29 is 13.9 Å². The Hall–Kier alpha value is -2.02. The second-order valence-corrected chi connectivity index (χ2v) is 7.06. The number of hydrogen-bond acceptors (Lipinski definition) is 6. The predicted molar refractivity (Wildman–Crippen MR) is 86.5 cm³/mol. The lowest BCUT2D eigenvalue weighted by molar-refractivity contribution is -0.118. The first kappa shape index (κ1) is 15.9. The topological polar surface area (TPSA) is 77.2 Å². The first-order valence-corrected chi connectivity index (χ1v) is 8.40. The minimum absolute atomic E-state index is 0.0667. The van der Waals surface area contributed by atoms with E-state index in [4.69, 9.17) is 9.15 Å². The molecular weight excluding hydrogens is 314 g/mol. The first-order chi connectivity index (χ1) is 10.9. The largest absolute Gasteiger partial charge is 0.487 e. The van der Waals surface area contributed by atoms with Gasteiger partial charge in [-0.2, -0.15) is 0 Å². The van der Waals surface area contributed by atoms with Crippen LogP contribution < -0.4 is 10.1 Å². The van der Waals surface area contributed by atoms with Gasteiger partial charge in [0, 0.05) is 19.9 Å². The molecular formula is C16H19N3O3S.